The van der Waals surface area contributed by atoms with Crippen molar-refractivity contribution >= 4 is 11.6 Å². The van der Waals surface area contributed by atoms with Crippen LogP contribution in [0.15, 0.2) is 30.6 Å². The van der Waals surface area contributed by atoms with Gasteiger partial charge in [0.15, 0.2) is 5.15 Å². The number of halogens is 2. The summed E-state index contributed by atoms with van der Waals surface area (Å²) in [6.07, 6.45) is 1.51. The Bertz CT molecular complexity index is 703. The van der Waals surface area contributed by atoms with Crippen molar-refractivity contribution in [2.45, 2.75) is 12.0 Å². The van der Waals surface area contributed by atoms with Crippen LogP contribution in [-0.4, -0.2) is 45.6 Å². The zero-order valence-corrected chi connectivity index (χ0v) is 12.6. The zero-order valence-electron chi connectivity index (χ0n) is 11.8. The average Bonchev–Trinajstić information content (AvgIpc) is 3.02. The minimum absolute atomic E-state index is 0.247. The Balaban J connectivity index is 2.05. The fraction of sp³-hybridized carbons (Fsp3) is 0.357. The van der Waals surface area contributed by atoms with E-state index in [2.05, 4.69) is 4.98 Å². The molecule has 116 valence electrons. The van der Waals surface area contributed by atoms with Gasteiger partial charge < -0.3 is 4.57 Å². The number of nitro groups is 1. The Kier molecular flexibility index (Phi) is 3.84. The van der Waals surface area contributed by atoms with Crippen molar-refractivity contribution in [1.29, 1.82) is 0 Å². The number of hydrogen-bond donors (Lipinski definition) is 0. The fourth-order valence-electron chi connectivity index (χ4n) is 2.94. The van der Waals surface area contributed by atoms with Gasteiger partial charge in [-0.25, -0.2) is 9.37 Å². The van der Waals surface area contributed by atoms with E-state index in [-0.39, 0.29) is 21.8 Å². The molecule has 1 saturated heterocycles. The monoisotopic (exact) mass is 324 g/mol. The van der Waals surface area contributed by atoms with E-state index in [1.165, 1.54) is 18.5 Å². The molecule has 2 heterocycles. The van der Waals surface area contributed by atoms with Gasteiger partial charge in [0, 0.05) is 17.2 Å². The molecule has 1 aromatic carbocycles. The molecule has 2 atom stereocenters. The Morgan fingerprint density at radius 1 is 1.36 bits per heavy atom. The van der Waals surface area contributed by atoms with Crippen molar-refractivity contribution in [2.24, 2.45) is 0 Å². The summed E-state index contributed by atoms with van der Waals surface area (Å²) in [7, 11) is 1.84. The molecule has 1 aliphatic rings. The van der Waals surface area contributed by atoms with Crippen LogP contribution < -0.4 is 0 Å². The largest absolute Gasteiger partial charge is 0.301 e. The highest BCUT2D eigenvalue weighted by Crippen LogP contribution is 2.34. The third-order valence-corrected chi connectivity index (χ3v) is 4.25. The van der Waals surface area contributed by atoms with Crippen molar-refractivity contribution in [2.75, 3.05) is 20.1 Å². The van der Waals surface area contributed by atoms with Crippen molar-refractivity contribution in [3.05, 3.63) is 57.4 Å². The molecular weight excluding hydrogens is 311 g/mol. The number of imidazole rings is 1. The third-order valence-electron chi connectivity index (χ3n) is 3.96. The molecule has 22 heavy (non-hydrogen) atoms. The van der Waals surface area contributed by atoms with Crippen molar-refractivity contribution in [3.63, 3.8) is 0 Å². The molecular formula is C14H14ClFN4O2. The molecule has 2 unspecified atom stereocenters. The van der Waals surface area contributed by atoms with Crippen LogP contribution in [0.1, 0.15) is 11.6 Å². The maximum atomic E-state index is 13.1. The summed E-state index contributed by atoms with van der Waals surface area (Å²) in [5.41, 5.74) is 1.27. The molecule has 0 N–H and O–H groups in total. The van der Waals surface area contributed by atoms with E-state index in [1.807, 2.05) is 11.9 Å². The van der Waals surface area contributed by atoms with Crippen LogP contribution in [0.2, 0.25) is 5.15 Å². The molecule has 0 radical (unpaired) electrons. The maximum Gasteiger partial charge on any atom is 0.235 e. The van der Waals surface area contributed by atoms with Gasteiger partial charge in [-0.15, -0.1) is 0 Å². The summed E-state index contributed by atoms with van der Waals surface area (Å²) < 4.78 is 14.8. The third kappa shape index (κ3) is 2.57. The minimum Gasteiger partial charge on any atom is -0.301 e. The molecule has 1 fully saturated rings. The van der Waals surface area contributed by atoms with Gasteiger partial charge >= 0.3 is 0 Å². The summed E-state index contributed by atoms with van der Waals surface area (Å²) in [5.74, 6) is -0.708. The topological polar surface area (TPSA) is 64.2 Å². The van der Waals surface area contributed by atoms with Gasteiger partial charge in [-0.2, -0.15) is 0 Å². The molecule has 0 spiro atoms. The second kappa shape index (κ2) is 5.66. The van der Waals surface area contributed by atoms with Crippen molar-refractivity contribution in [1.82, 2.24) is 14.5 Å². The van der Waals surface area contributed by atoms with Crippen LogP contribution in [-0.2, 0) is 0 Å². The molecule has 2 aromatic rings. The average molecular weight is 325 g/mol. The second-order valence-electron chi connectivity index (χ2n) is 5.45. The van der Waals surface area contributed by atoms with Crippen LogP contribution in [0, 0.1) is 15.9 Å². The van der Waals surface area contributed by atoms with Crippen LogP contribution in [0.5, 0.6) is 0 Å². The van der Waals surface area contributed by atoms with E-state index in [9.17, 15) is 14.5 Å². The number of benzene rings is 1. The Morgan fingerprint density at radius 3 is 2.68 bits per heavy atom. The van der Waals surface area contributed by atoms with Gasteiger partial charge in [0.1, 0.15) is 12.1 Å². The highest BCUT2D eigenvalue weighted by molar-refractivity contribution is 6.30. The molecule has 0 aliphatic carbocycles. The zero-order chi connectivity index (χ0) is 15.9. The molecule has 0 amide bonds. The van der Waals surface area contributed by atoms with E-state index < -0.39 is 6.04 Å². The van der Waals surface area contributed by atoms with E-state index in [1.54, 1.807) is 16.7 Å². The fourth-order valence-corrected chi connectivity index (χ4v) is 3.21. The number of likely N-dealkylation sites (N-methyl/N-ethyl adjacent to an activating group) is 1. The number of hydrogen-bond acceptors (Lipinski definition) is 4. The van der Waals surface area contributed by atoms with Crippen LogP contribution in [0.4, 0.5) is 4.39 Å². The van der Waals surface area contributed by atoms with Crippen molar-refractivity contribution in [3.8, 4) is 5.69 Å². The van der Waals surface area contributed by atoms with Gasteiger partial charge in [0.25, 0.3) is 0 Å². The maximum absolute atomic E-state index is 13.1. The molecule has 0 saturated carbocycles. The van der Waals surface area contributed by atoms with Gasteiger partial charge in [0.2, 0.25) is 6.04 Å². The standard InChI is InChI=1S/C14H14ClFN4O2/c1-18-6-11(12(7-18)20(21)22)13-14(15)17-8-19(13)10-4-2-9(16)3-5-10/h2-5,8,11-12H,6-7H2,1H3. The quantitative estimate of drug-likeness (QED) is 0.642. The minimum atomic E-state index is -0.738. The van der Waals surface area contributed by atoms with E-state index in [0.717, 1.165) is 0 Å². The van der Waals surface area contributed by atoms with Crippen LogP contribution in [0.25, 0.3) is 5.69 Å². The molecule has 6 nitrogen and oxygen atoms in total. The predicted octanol–water partition coefficient (Wildman–Crippen LogP) is 2.34. The summed E-state index contributed by atoms with van der Waals surface area (Å²) in [5, 5.41) is 11.6. The summed E-state index contributed by atoms with van der Waals surface area (Å²) >= 11 is 6.18. The Morgan fingerprint density at radius 2 is 2.05 bits per heavy atom. The summed E-state index contributed by atoms with van der Waals surface area (Å²) in [6, 6.07) is 5.11. The lowest BCUT2D eigenvalue weighted by Gasteiger charge is -2.16. The Hall–Kier alpha value is -1.99. The van der Waals surface area contributed by atoms with Crippen LogP contribution >= 0.6 is 11.6 Å². The first kappa shape index (κ1) is 14.9. The first-order valence-corrected chi connectivity index (χ1v) is 7.16. The molecule has 8 heteroatoms. The van der Waals surface area contributed by atoms with E-state index in [0.29, 0.717) is 24.5 Å². The van der Waals surface area contributed by atoms with Crippen LogP contribution in [0.3, 0.4) is 0 Å². The predicted molar refractivity (Wildman–Crippen MR) is 79.6 cm³/mol. The van der Waals surface area contributed by atoms with E-state index in [4.69, 9.17) is 11.6 Å². The lowest BCUT2D eigenvalue weighted by Crippen LogP contribution is -2.28. The first-order chi connectivity index (χ1) is 10.5. The number of likely N-dealkylation sites (tertiary alicyclic amines) is 1. The number of rotatable bonds is 3. The summed E-state index contributed by atoms with van der Waals surface area (Å²) in [4.78, 5) is 17.0. The van der Waals surface area contributed by atoms with Gasteiger partial charge in [-0.3, -0.25) is 15.0 Å². The highest BCUT2D eigenvalue weighted by atomic mass is 35.5. The van der Waals surface area contributed by atoms with Gasteiger partial charge in [-0.1, -0.05) is 11.6 Å². The normalized spacial score (nSPS) is 22.1. The number of nitrogens with zero attached hydrogens (tertiary/aromatic N) is 4. The highest BCUT2D eigenvalue weighted by Gasteiger charge is 2.43. The number of aromatic nitrogens is 2. The van der Waals surface area contributed by atoms with Gasteiger partial charge in [-0.05, 0) is 31.3 Å². The Labute approximate surface area is 131 Å². The SMILES string of the molecule is CN1CC(c2c(Cl)ncn2-c2ccc(F)cc2)C([N+](=O)[O-])C1. The lowest BCUT2D eigenvalue weighted by atomic mass is 10.0. The lowest BCUT2D eigenvalue weighted by molar-refractivity contribution is -0.521. The second-order valence-corrected chi connectivity index (χ2v) is 5.81. The summed E-state index contributed by atoms with van der Waals surface area (Å²) in [6.45, 7) is 0.890. The van der Waals surface area contributed by atoms with Gasteiger partial charge in [0.05, 0.1) is 18.2 Å². The van der Waals surface area contributed by atoms with E-state index >= 15 is 0 Å². The smallest absolute Gasteiger partial charge is 0.235 e. The molecule has 1 aliphatic heterocycles. The molecule has 1 aromatic heterocycles. The molecule has 3 rings (SSSR count). The first-order valence-electron chi connectivity index (χ1n) is 6.78. The molecule has 0 bridgehead atoms. The van der Waals surface area contributed by atoms with Crippen molar-refractivity contribution < 1.29 is 9.31 Å².